The van der Waals surface area contributed by atoms with E-state index in [1.54, 1.807) is 0 Å². The van der Waals surface area contributed by atoms with E-state index in [2.05, 4.69) is 10.2 Å². The topological polar surface area (TPSA) is 58.4 Å². The maximum absolute atomic E-state index is 12.5. The highest BCUT2D eigenvalue weighted by atomic mass is 35.5. The number of nitrogens with zero attached hydrogens (tertiary/aromatic N) is 1. The van der Waals surface area contributed by atoms with E-state index >= 15 is 0 Å². The molecule has 6 heteroatoms. The van der Waals surface area contributed by atoms with Gasteiger partial charge >= 0.3 is 0 Å². The van der Waals surface area contributed by atoms with Gasteiger partial charge in [0.05, 0.1) is 12.6 Å². The van der Waals surface area contributed by atoms with Crippen molar-refractivity contribution < 1.29 is 4.79 Å². The summed E-state index contributed by atoms with van der Waals surface area (Å²) in [5.74, 6) is -0.0160. The molecule has 1 aliphatic heterocycles. The van der Waals surface area contributed by atoms with E-state index in [4.69, 9.17) is 17.3 Å². The zero-order valence-corrected chi connectivity index (χ0v) is 15.7. The number of nitrogens with two attached hydrogens (primary N) is 1. The van der Waals surface area contributed by atoms with Gasteiger partial charge < -0.3 is 16.0 Å². The molecule has 1 atom stereocenters. The number of nitrogen functional groups attached to an aromatic ring is 1. The molecule has 0 aliphatic carbocycles. The lowest BCUT2D eigenvalue weighted by Gasteiger charge is -2.31. The SMILES string of the molecule is CC(NC(=O)CN1CCCc2c(N)cccc21)c1ccccc1Cl.Cl. The van der Waals surface area contributed by atoms with E-state index in [0.717, 1.165) is 41.9 Å². The second kappa shape index (κ2) is 8.45. The van der Waals surface area contributed by atoms with Gasteiger partial charge in [-0.15, -0.1) is 12.4 Å². The highest BCUT2D eigenvalue weighted by Crippen LogP contribution is 2.31. The smallest absolute Gasteiger partial charge is 0.239 e. The second-order valence-electron chi connectivity index (χ2n) is 6.18. The normalized spacial score (nSPS) is 14.2. The van der Waals surface area contributed by atoms with Crippen LogP contribution < -0.4 is 16.0 Å². The quantitative estimate of drug-likeness (QED) is 0.789. The fourth-order valence-corrected chi connectivity index (χ4v) is 3.56. The average Bonchev–Trinajstić information content (AvgIpc) is 2.56. The van der Waals surface area contributed by atoms with Crippen LogP contribution in [0.25, 0.3) is 0 Å². The van der Waals surface area contributed by atoms with Gasteiger partial charge in [0.15, 0.2) is 0 Å². The third kappa shape index (κ3) is 4.39. The summed E-state index contributed by atoms with van der Waals surface area (Å²) in [4.78, 5) is 14.6. The number of carbonyl (C=O) groups excluding carboxylic acids is 1. The largest absolute Gasteiger partial charge is 0.398 e. The highest BCUT2D eigenvalue weighted by Gasteiger charge is 2.21. The number of amides is 1. The first-order valence-electron chi connectivity index (χ1n) is 8.22. The van der Waals surface area contributed by atoms with E-state index in [0.29, 0.717) is 11.6 Å². The fraction of sp³-hybridized carbons (Fsp3) is 0.316. The summed E-state index contributed by atoms with van der Waals surface area (Å²) in [6.45, 7) is 3.14. The van der Waals surface area contributed by atoms with Crippen LogP contribution in [0.4, 0.5) is 11.4 Å². The van der Waals surface area contributed by atoms with Crippen molar-refractivity contribution in [2.45, 2.75) is 25.8 Å². The predicted molar refractivity (Wildman–Crippen MR) is 107 cm³/mol. The number of anilines is 2. The van der Waals surface area contributed by atoms with Gasteiger partial charge in [-0.2, -0.15) is 0 Å². The third-order valence-corrected chi connectivity index (χ3v) is 4.81. The molecule has 4 nitrogen and oxygen atoms in total. The maximum Gasteiger partial charge on any atom is 0.239 e. The van der Waals surface area contributed by atoms with E-state index < -0.39 is 0 Å². The van der Waals surface area contributed by atoms with Crippen LogP contribution in [0.1, 0.15) is 30.5 Å². The van der Waals surface area contributed by atoms with Gasteiger partial charge in [0.2, 0.25) is 5.91 Å². The summed E-state index contributed by atoms with van der Waals surface area (Å²) in [7, 11) is 0. The van der Waals surface area contributed by atoms with Crippen LogP contribution in [-0.2, 0) is 11.2 Å². The first kappa shape index (κ1) is 19.4. The lowest BCUT2D eigenvalue weighted by Crippen LogP contribution is -2.40. The van der Waals surface area contributed by atoms with Gasteiger partial charge in [-0.3, -0.25) is 4.79 Å². The molecule has 25 heavy (non-hydrogen) atoms. The Hall–Kier alpha value is -1.91. The minimum Gasteiger partial charge on any atom is -0.398 e. The molecule has 2 aromatic rings. The fourth-order valence-electron chi connectivity index (χ4n) is 3.26. The molecule has 134 valence electrons. The molecule has 0 bridgehead atoms. The summed E-state index contributed by atoms with van der Waals surface area (Å²) < 4.78 is 0. The van der Waals surface area contributed by atoms with Gasteiger partial charge in [0, 0.05) is 22.9 Å². The molecule has 3 N–H and O–H groups in total. The molecule has 0 spiro atoms. The van der Waals surface area contributed by atoms with Crippen molar-refractivity contribution >= 4 is 41.3 Å². The Morgan fingerprint density at radius 2 is 2.04 bits per heavy atom. The van der Waals surface area contributed by atoms with Crippen molar-refractivity contribution in [1.82, 2.24) is 5.32 Å². The predicted octanol–water partition coefficient (Wildman–Crippen LogP) is 3.97. The number of hydrogen-bond donors (Lipinski definition) is 2. The summed E-state index contributed by atoms with van der Waals surface area (Å²) >= 11 is 6.20. The number of carbonyl (C=O) groups is 1. The number of nitrogens with one attached hydrogen (secondary N) is 1. The number of benzene rings is 2. The van der Waals surface area contributed by atoms with Crippen LogP contribution in [0.2, 0.25) is 5.02 Å². The van der Waals surface area contributed by atoms with Gasteiger partial charge in [-0.05, 0) is 49.1 Å². The lowest BCUT2D eigenvalue weighted by atomic mass is 10.00. The summed E-state index contributed by atoms with van der Waals surface area (Å²) in [6, 6.07) is 13.3. The van der Waals surface area contributed by atoms with Crippen LogP contribution in [-0.4, -0.2) is 19.0 Å². The molecule has 0 radical (unpaired) electrons. The third-order valence-electron chi connectivity index (χ3n) is 4.47. The van der Waals surface area contributed by atoms with Crippen molar-refractivity contribution in [3.05, 3.63) is 58.6 Å². The zero-order valence-electron chi connectivity index (χ0n) is 14.2. The molecule has 0 aromatic heterocycles. The number of hydrogen-bond acceptors (Lipinski definition) is 3. The van der Waals surface area contributed by atoms with Crippen LogP contribution in [0, 0.1) is 0 Å². The number of fused-ring (bicyclic) bond motifs is 1. The second-order valence-corrected chi connectivity index (χ2v) is 6.59. The Balaban J connectivity index is 0.00000225. The van der Waals surface area contributed by atoms with Crippen LogP contribution in [0.3, 0.4) is 0 Å². The number of halogens is 2. The minimum absolute atomic E-state index is 0. The minimum atomic E-state index is -0.128. The van der Waals surface area contributed by atoms with E-state index in [1.165, 1.54) is 0 Å². The molecule has 0 saturated heterocycles. The van der Waals surface area contributed by atoms with E-state index in [-0.39, 0.29) is 24.4 Å². The Bertz CT molecular complexity index is 751. The van der Waals surface area contributed by atoms with Gasteiger partial charge in [0.25, 0.3) is 0 Å². The summed E-state index contributed by atoms with van der Waals surface area (Å²) in [6.07, 6.45) is 1.98. The molecular weight excluding hydrogens is 357 g/mol. The summed E-state index contributed by atoms with van der Waals surface area (Å²) in [5, 5.41) is 3.70. The maximum atomic E-state index is 12.5. The average molecular weight is 380 g/mol. The molecule has 0 saturated carbocycles. The molecule has 0 fully saturated rings. The molecule has 1 amide bonds. The van der Waals surface area contributed by atoms with Crippen molar-refractivity contribution in [3.63, 3.8) is 0 Å². The van der Waals surface area contributed by atoms with Crippen molar-refractivity contribution in [2.75, 3.05) is 23.7 Å². The van der Waals surface area contributed by atoms with E-state index in [1.807, 2.05) is 49.4 Å². The van der Waals surface area contributed by atoms with Crippen molar-refractivity contribution in [2.24, 2.45) is 0 Å². The van der Waals surface area contributed by atoms with Crippen LogP contribution in [0.5, 0.6) is 0 Å². The van der Waals surface area contributed by atoms with E-state index in [9.17, 15) is 4.79 Å². The number of rotatable bonds is 4. The van der Waals surface area contributed by atoms with Crippen molar-refractivity contribution in [1.29, 1.82) is 0 Å². The standard InChI is InChI=1S/C19H22ClN3O.ClH/c1-13(14-6-2-3-8-16(14)20)22-19(24)12-23-11-5-7-15-17(21)9-4-10-18(15)23;/h2-4,6,8-10,13H,5,7,11-12,21H2,1H3,(H,22,24);1H. The van der Waals surface area contributed by atoms with Gasteiger partial charge in [0.1, 0.15) is 0 Å². The lowest BCUT2D eigenvalue weighted by molar-refractivity contribution is -0.120. The van der Waals surface area contributed by atoms with Crippen molar-refractivity contribution in [3.8, 4) is 0 Å². The Morgan fingerprint density at radius 1 is 1.28 bits per heavy atom. The zero-order chi connectivity index (χ0) is 17.1. The molecular formula is C19H23Cl2N3O. The Kier molecular flexibility index (Phi) is 6.57. The Labute approximate surface area is 159 Å². The Morgan fingerprint density at radius 3 is 2.80 bits per heavy atom. The first-order valence-corrected chi connectivity index (χ1v) is 8.60. The monoisotopic (exact) mass is 379 g/mol. The van der Waals surface area contributed by atoms with Crippen LogP contribution >= 0.6 is 24.0 Å². The first-order chi connectivity index (χ1) is 11.6. The molecule has 3 rings (SSSR count). The van der Waals surface area contributed by atoms with Crippen LogP contribution in [0.15, 0.2) is 42.5 Å². The van der Waals surface area contributed by atoms with Gasteiger partial charge in [-0.1, -0.05) is 35.9 Å². The van der Waals surface area contributed by atoms with Gasteiger partial charge in [-0.25, -0.2) is 0 Å². The summed E-state index contributed by atoms with van der Waals surface area (Å²) in [5.41, 5.74) is 10.0. The molecule has 2 aromatic carbocycles. The molecule has 1 aliphatic rings. The highest BCUT2D eigenvalue weighted by molar-refractivity contribution is 6.31. The molecule has 1 heterocycles. The molecule has 1 unspecified atom stereocenters.